The van der Waals surface area contributed by atoms with Crippen molar-refractivity contribution in [1.82, 2.24) is 0 Å². The third-order valence-corrected chi connectivity index (χ3v) is 4.53. The minimum absolute atomic E-state index is 0.959. The summed E-state index contributed by atoms with van der Waals surface area (Å²) in [5.74, 6) is 0.959. The van der Waals surface area contributed by atoms with Gasteiger partial charge < -0.3 is 0 Å². The van der Waals surface area contributed by atoms with Gasteiger partial charge in [-0.1, -0.05) is 63.6 Å². The van der Waals surface area contributed by atoms with Crippen molar-refractivity contribution in [3.63, 3.8) is 0 Å². The van der Waals surface area contributed by atoms with Gasteiger partial charge >= 0.3 is 0 Å². The monoisotopic (exact) mass is 244 g/mol. The maximum absolute atomic E-state index is 2.35. The molecule has 0 unspecified atom stereocenters. The summed E-state index contributed by atoms with van der Waals surface area (Å²) in [6, 6.07) is 6.85. The highest BCUT2D eigenvalue weighted by atomic mass is 14.2. The first kappa shape index (κ1) is 13.6. The van der Waals surface area contributed by atoms with Crippen LogP contribution in [0.1, 0.15) is 68.6 Å². The molecule has 0 saturated carbocycles. The maximum Gasteiger partial charge on any atom is -0.0247 e. The molecule has 1 atom stereocenters. The number of rotatable bonds is 6. The number of unbranched alkanes of at least 4 members (excludes halogenated alkanes) is 4. The Balaban J connectivity index is 1.78. The summed E-state index contributed by atoms with van der Waals surface area (Å²) in [5, 5.41) is 0. The van der Waals surface area contributed by atoms with Crippen molar-refractivity contribution in [2.24, 2.45) is 5.92 Å². The zero-order valence-electron chi connectivity index (χ0n) is 12.2. The first-order chi connectivity index (χ1) is 8.81. The van der Waals surface area contributed by atoms with Crippen molar-refractivity contribution in [2.75, 3.05) is 0 Å². The quantitative estimate of drug-likeness (QED) is 0.583. The molecule has 0 heteroatoms. The Kier molecular flexibility index (Phi) is 5.28. The van der Waals surface area contributed by atoms with Crippen molar-refractivity contribution in [3.05, 3.63) is 34.9 Å². The topological polar surface area (TPSA) is 0 Å². The van der Waals surface area contributed by atoms with Gasteiger partial charge in [-0.05, 0) is 48.8 Å². The Hall–Kier alpha value is -0.780. The fourth-order valence-corrected chi connectivity index (χ4v) is 3.36. The van der Waals surface area contributed by atoms with Gasteiger partial charge in [0.15, 0.2) is 0 Å². The van der Waals surface area contributed by atoms with Gasteiger partial charge in [0.2, 0.25) is 0 Å². The lowest BCUT2D eigenvalue weighted by Gasteiger charge is -2.25. The van der Waals surface area contributed by atoms with E-state index in [1.807, 2.05) is 0 Å². The molecule has 0 saturated heterocycles. The standard InChI is InChI=1S/C18H28/c1-3-4-5-6-7-10-16-12-13-18-15(2)9-8-11-17(18)14-16/h8-9,11,16H,3-7,10,12-14H2,1-2H3/t16-/m1/s1. The first-order valence-corrected chi connectivity index (χ1v) is 7.88. The Bertz CT molecular complexity index is 364. The van der Waals surface area contributed by atoms with Gasteiger partial charge in [0, 0.05) is 0 Å². The van der Waals surface area contributed by atoms with Crippen LogP contribution >= 0.6 is 0 Å². The molecule has 0 heterocycles. The Labute approximate surface area is 113 Å². The van der Waals surface area contributed by atoms with Gasteiger partial charge in [-0.3, -0.25) is 0 Å². The molecule has 0 radical (unpaired) electrons. The summed E-state index contributed by atoms with van der Waals surface area (Å²) in [5.41, 5.74) is 4.80. The van der Waals surface area contributed by atoms with E-state index in [0.717, 1.165) is 5.92 Å². The number of hydrogen-bond acceptors (Lipinski definition) is 0. The molecule has 0 amide bonds. The lowest BCUT2D eigenvalue weighted by atomic mass is 9.80. The molecule has 2 rings (SSSR count). The summed E-state index contributed by atoms with van der Waals surface area (Å²) in [7, 11) is 0. The van der Waals surface area contributed by atoms with Gasteiger partial charge in [0.1, 0.15) is 0 Å². The van der Waals surface area contributed by atoms with E-state index in [-0.39, 0.29) is 0 Å². The zero-order valence-corrected chi connectivity index (χ0v) is 12.2. The van der Waals surface area contributed by atoms with E-state index >= 15 is 0 Å². The average molecular weight is 244 g/mol. The van der Waals surface area contributed by atoms with Gasteiger partial charge in [-0.25, -0.2) is 0 Å². The second kappa shape index (κ2) is 6.97. The van der Waals surface area contributed by atoms with E-state index in [2.05, 4.69) is 32.0 Å². The molecule has 0 nitrogen and oxygen atoms in total. The SMILES string of the molecule is CCCCCCC[C@@H]1CCc2c(C)cccc2C1. The molecule has 0 aliphatic heterocycles. The number of aryl methyl sites for hydroxylation is 1. The molecule has 0 bridgehead atoms. The van der Waals surface area contributed by atoms with Crippen LogP contribution in [0.4, 0.5) is 0 Å². The summed E-state index contributed by atoms with van der Waals surface area (Å²) in [6.45, 7) is 4.56. The fraction of sp³-hybridized carbons (Fsp3) is 0.667. The molecule has 1 aromatic rings. The molecular weight excluding hydrogens is 216 g/mol. The van der Waals surface area contributed by atoms with Crippen LogP contribution < -0.4 is 0 Å². The van der Waals surface area contributed by atoms with Crippen molar-refractivity contribution in [2.45, 2.75) is 71.6 Å². The predicted molar refractivity (Wildman–Crippen MR) is 80.1 cm³/mol. The lowest BCUT2D eigenvalue weighted by molar-refractivity contribution is 0.404. The average Bonchev–Trinajstić information content (AvgIpc) is 2.39. The third kappa shape index (κ3) is 3.60. The van der Waals surface area contributed by atoms with Crippen LogP contribution in [0.15, 0.2) is 18.2 Å². The maximum atomic E-state index is 2.35. The molecule has 0 spiro atoms. The molecule has 1 aromatic carbocycles. The van der Waals surface area contributed by atoms with Crippen molar-refractivity contribution < 1.29 is 0 Å². The van der Waals surface area contributed by atoms with Crippen LogP contribution in [0.2, 0.25) is 0 Å². The predicted octanol–water partition coefficient (Wildman–Crippen LogP) is 5.46. The van der Waals surface area contributed by atoms with Crippen molar-refractivity contribution >= 4 is 0 Å². The highest BCUT2D eigenvalue weighted by molar-refractivity contribution is 5.36. The van der Waals surface area contributed by atoms with Crippen LogP contribution in [0.5, 0.6) is 0 Å². The summed E-state index contributed by atoms with van der Waals surface area (Å²) >= 11 is 0. The van der Waals surface area contributed by atoms with Gasteiger partial charge in [-0.2, -0.15) is 0 Å². The Morgan fingerprint density at radius 2 is 1.94 bits per heavy atom. The minimum atomic E-state index is 0.959. The van der Waals surface area contributed by atoms with Gasteiger partial charge in [0.05, 0.1) is 0 Å². The molecule has 100 valence electrons. The molecule has 0 fully saturated rings. The first-order valence-electron chi connectivity index (χ1n) is 7.88. The van der Waals surface area contributed by atoms with Crippen LogP contribution in [0.25, 0.3) is 0 Å². The van der Waals surface area contributed by atoms with E-state index < -0.39 is 0 Å². The normalized spacial score (nSPS) is 18.7. The smallest absolute Gasteiger partial charge is 0.0247 e. The molecule has 1 aliphatic carbocycles. The minimum Gasteiger partial charge on any atom is -0.0654 e. The number of benzene rings is 1. The van der Waals surface area contributed by atoms with E-state index in [0.29, 0.717) is 0 Å². The van der Waals surface area contributed by atoms with E-state index in [9.17, 15) is 0 Å². The van der Waals surface area contributed by atoms with Crippen molar-refractivity contribution in [3.8, 4) is 0 Å². The van der Waals surface area contributed by atoms with Crippen LogP contribution in [-0.4, -0.2) is 0 Å². The van der Waals surface area contributed by atoms with Crippen molar-refractivity contribution in [1.29, 1.82) is 0 Å². The third-order valence-electron chi connectivity index (χ3n) is 4.53. The van der Waals surface area contributed by atoms with E-state index in [1.165, 1.54) is 63.4 Å². The number of fused-ring (bicyclic) bond motifs is 1. The molecule has 18 heavy (non-hydrogen) atoms. The van der Waals surface area contributed by atoms with E-state index in [4.69, 9.17) is 0 Å². The second-order valence-electron chi connectivity index (χ2n) is 6.02. The molecule has 0 aromatic heterocycles. The molecular formula is C18H28. The van der Waals surface area contributed by atoms with E-state index in [1.54, 1.807) is 11.1 Å². The number of hydrogen-bond donors (Lipinski definition) is 0. The van der Waals surface area contributed by atoms with Crippen LogP contribution in [-0.2, 0) is 12.8 Å². The lowest BCUT2D eigenvalue weighted by Crippen LogP contribution is -2.15. The molecule has 0 N–H and O–H groups in total. The summed E-state index contributed by atoms with van der Waals surface area (Å²) in [6.07, 6.45) is 12.7. The summed E-state index contributed by atoms with van der Waals surface area (Å²) < 4.78 is 0. The highest BCUT2D eigenvalue weighted by Crippen LogP contribution is 2.30. The summed E-state index contributed by atoms with van der Waals surface area (Å²) in [4.78, 5) is 0. The van der Waals surface area contributed by atoms with Crippen LogP contribution in [0.3, 0.4) is 0 Å². The second-order valence-corrected chi connectivity index (χ2v) is 6.02. The Morgan fingerprint density at radius 1 is 1.11 bits per heavy atom. The molecule has 1 aliphatic rings. The fourth-order valence-electron chi connectivity index (χ4n) is 3.36. The Morgan fingerprint density at radius 3 is 2.78 bits per heavy atom. The van der Waals surface area contributed by atoms with Gasteiger partial charge in [-0.15, -0.1) is 0 Å². The zero-order chi connectivity index (χ0) is 12.8. The highest BCUT2D eigenvalue weighted by Gasteiger charge is 2.18. The van der Waals surface area contributed by atoms with Crippen LogP contribution in [0, 0.1) is 12.8 Å². The van der Waals surface area contributed by atoms with Gasteiger partial charge in [0.25, 0.3) is 0 Å². The largest absolute Gasteiger partial charge is 0.0654 e.